The quantitative estimate of drug-likeness (QED) is 0.617. The van der Waals surface area contributed by atoms with Crippen LogP contribution in [0.4, 0.5) is 13.2 Å². The maximum Gasteiger partial charge on any atom is 0.416 e. The van der Waals surface area contributed by atoms with Gasteiger partial charge >= 0.3 is 6.18 Å². The molecule has 164 valence electrons. The molecule has 0 saturated carbocycles. The predicted octanol–water partition coefficient (Wildman–Crippen LogP) is 4.42. The van der Waals surface area contributed by atoms with E-state index in [0.717, 1.165) is 17.7 Å². The molecule has 2 N–H and O–H groups in total. The van der Waals surface area contributed by atoms with Crippen molar-refractivity contribution in [3.63, 3.8) is 0 Å². The SMILES string of the molecule is O=C(NCc1ccc(O)cc1)C1c2ccccc2C(=O)N1Cc1ccc(C(F)(F)F)cc1. The van der Waals surface area contributed by atoms with Crippen molar-refractivity contribution in [1.82, 2.24) is 10.2 Å². The van der Waals surface area contributed by atoms with Gasteiger partial charge in [0.15, 0.2) is 0 Å². The Balaban J connectivity index is 1.56. The van der Waals surface area contributed by atoms with Gasteiger partial charge in [0.2, 0.25) is 5.91 Å². The minimum Gasteiger partial charge on any atom is -0.508 e. The second kappa shape index (κ2) is 8.37. The molecule has 32 heavy (non-hydrogen) atoms. The Hall–Kier alpha value is -3.81. The summed E-state index contributed by atoms with van der Waals surface area (Å²) in [6.45, 7) is 0.184. The highest BCUT2D eigenvalue weighted by atomic mass is 19.4. The molecular weight excluding hydrogens is 421 g/mol. The van der Waals surface area contributed by atoms with Crippen LogP contribution in [0.5, 0.6) is 5.75 Å². The van der Waals surface area contributed by atoms with Crippen molar-refractivity contribution in [3.05, 3.63) is 101 Å². The van der Waals surface area contributed by atoms with Crippen LogP contribution >= 0.6 is 0 Å². The summed E-state index contributed by atoms with van der Waals surface area (Å²) in [5, 5.41) is 12.2. The van der Waals surface area contributed by atoms with Crippen LogP contribution in [-0.4, -0.2) is 21.8 Å². The molecule has 0 bridgehead atoms. The molecule has 1 aliphatic heterocycles. The summed E-state index contributed by atoms with van der Waals surface area (Å²) >= 11 is 0. The van der Waals surface area contributed by atoms with E-state index in [1.807, 2.05) is 0 Å². The van der Waals surface area contributed by atoms with Crippen LogP contribution in [-0.2, 0) is 24.1 Å². The number of nitrogens with one attached hydrogen (secondary N) is 1. The third kappa shape index (κ3) is 4.30. The fourth-order valence-electron chi connectivity index (χ4n) is 3.71. The predicted molar refractivity (Wildman–Crippen MR) is 110 cm³/mol. The van der Waals surface area contributed by atoms with Crippen molar-refractivity contribution in [2.45, 2.75) is 25.3 Å². The number of phenols is 1. The van der Waals surface area contributed by atoms with Gasteiger partial charge in [-0.15, -0.1) is 0 Å². The molecule has 5 nitrogen and oxygen atoms in total. The Morgan fingerprint density at radius 2 is 1.56 bits per heavy atom. The van der Waals surface area contributed by atoms with Gasteiger partial charge in [-0.2, -0.15) is 13.2 Å². The molecule has 3 aromatic rings. The Morgan fingerprint density at radius 3 is 2.22 bits per heavy atom. The monoisotopic (exact) mass is 440 g/mol. The normalized spacial score (nSPS) is 15.5. The number of aromatic hydroxyl groups is 1. The number of benzene rings is 3. The van der Waals surface area contributed by atoms with Gasteiger partial charge in [-0.05, 0) is 47.0 Å². The number of nitrogens with zero attached hydrogens (tertiary/aromatic N) is 1. The van der Waals surface area contributed by atoms with Gasteiger partial charge in [0, 0.05) is 18.7 Å². The minimum absolute atomic E-state index is 0.0110. The van der Waals surface area contributed by atoms with E-state index in [1.54, 1.807) is 36.4 Å². The number of carbonyl (C=O) groups is 2. The molecule has 1 unspecified atom stereocenters. The molecule has 0 saturated heterocycles. The lowest BCUT2D eigenvalue weighted by atomic mass is 10.0. The summed E-state index contributed by atoms with van der Waals surface area (Å²) in [5.41, 5.74) is 1.41. The summed E-state index contributed by atoms with van der Waals surface area (Å²) in [6.07, 6.45) is -4.45. The lowest BCUT2D eigenvalue weighted by Crippen LogP contribution is -2.38. The number of hydrogen-bond acceptors (Lipinski definition) is 3. The summed E-state index contributed by atoms with van der Waals surface area (Å²) < 4.78 is 38.5. The zero-order chi connectivity index (χ0) is 22.9. The first-order valence-corrected chi connectivity index (χ1v) is 9.85. The minimum atomic E-state index is -4.45. The van der Waals surface area contributed by atoms with E-state index in [4.69, 9.17) is 0 Å². The van der Waals surface area contributed by atoms with Crippen LogP contribution in [0.3, 0.4) is 0 Å². The highest BCUT2D eigenvalue weighted by molar-refractivity contribution is 6.04. The van der Waals surface area contributed by atoms with Crippen LogP contribution in [0.25, 0.3) is 0 Å². The molecule has 8 heteroatoms. The maximum absolute atomic E-state index is 13.1. The third-order valence-corrected chi connectivity index (χ3v) is 5.34. The van der Waals surface area contributed by atoms with Gasteiger partial charge in [0.25, 0.3) is 5.91 Å². The van der Waals surface area contributed by atoms with Crippen molar-refractivity contribution < 1.29 is 27.9 Å². The molecule has 0 radical (unpaired) electrons. The van der Waals surface area contributed by atoms with Crippen LogP contribution in [0.2, 0.25) is 0 Å². The first-order valence-electron chi connectivity index (χ1n) is 9.85. The van der Waals surface area contributed by atoms with E-state index >= 15 is 0 Å². The van der Waals surface area contributed by atoms with Crippen molar-refractivity contribution in [2.75, 3.05) is 0 Å². The number of fused-ring (bicyclic) bond motifs is 1. The standard InChI is InChI=1S/C24H19F3N2O3/c25-24(26,27)17-9-5-16(6-10-17)14-29-21(19-3-1-2-4-20(19)23(29)32)22(31)28-13-15-7-11-18(30)12-8-15/h1-12,21,30H,13-14H2,(H,28,31). The first kappa shape index (κ1) is 21.4. The average molecular weight is 440 g/mol. The van der Waals surface area contributed by atoms with E-state index in [-0.39, 0.29) is 24.7 Å². The second-order valence-corrected chi connectivity index (χ2v) is 7.50. The fourth-order valence-corrected chi connectivity index (χ4v) is 3.71. The van der Waals surface area contributed by atoms with E-state index < -0.39 is 23.7 Å². The molecule has 2 amide bonds. The van der Waals surface area contributed by atoms with Crippen molar-refractivity contribution in [3.8, 4) is 5.75 Å². The molecule has 0 aromatic heterocycles. The molecule has 1 heterocycles. The van der Waals surface area contributed by atoms with Gasteiger partial charge in [-0.3, -0.25) is 9.59 Å². The summed E-state index contributed by atoms with van der Waals surface area (Å²) in [6, 6.07) is 16.7. The number of halogens is 3. The zero-order valence-corrected chi connectivity index (χ0v) is 16.8. The van der Waals surface area contributed by atoms with Crippen molar-refractivity contribution in [1.29, 1.82) is 0 Å². The largest absolute Gasteiger partial charge is 0.508 e. The zero-order valence-electron chi connectivity index (χ0n) is 16.8. The third-order valence-electron chi connectivity index (χ3n) is 5.34. The Labute approximate surface area is 182 Å². The molecule has 4 rings (SSSR count). The van der Waals surface area contributed by atoms with Crippen LogP contribution < -0.4 is 5.32 Å². The Kier molecular flexibility index (Phi) is 5.61. The average Bonchev–Trinajstić information content (AvgIpc) is 3.05. The highest BCUT2D eigenvalue weighted by Gasteiger charge is 2.40. The smallest absolute Gasteiger partial charge is 0.416 e. The van der Waals surface area contributed by atoms with Gasteiger partial charge in [-0.25, -0.2) is 0 Å². The molecule has 0 fully saturated rings. The van der Waals surface area contributed by atoms with Crippen LogP contribution in [0.1, 0.15) is 38.7 Å². The van der Waals surface area contributed by atoms with Gasteiger partial charge in [-0.1, -0.05) is 42.5 Å². The lowest BCUT2D eigenvalue weighted by Gasteiger charge is -2.25. The van der Waals surface area contributed by atoms with Crippen molar-refractivity contribution >= 4 is 11.8 Å². The molecule has 1 aliphatic rings. The van der Waals surface area contributed by atoms with E-state index in [9.17, 15) is 27.9 Å². The molecule has 3 aromatic carbocycles. The highest BCUT2D eigenvalue weighted by Crippen LogP contribution is 2.35. The van der Waals surface area contributed by atoms with Gasteiger partial charge in [0.1, 0.15) is 11.8 Å². The number of alkyl halides is 3. The number of carbonyl (C=O) groups excluding carboxylic acids is 2. The summed E-state index contributed by atoms with van der Waals surface area (Å²) in [4.78, 5) is 27.4. The van der Waals surface area contributed by atoms with E-state index in [0.29, 0.717) is 16.7 Å². The second-order valence-electron chi connectivity index (χ2n) is 7.50. The van der Waals surface area contributed by atoms with E-state index in [1.165, 1.54) is 29.2 Å². The fraction of sp³-hybridized carbons (Fsp3) is 0.167. The summed E-state index contributed by atoms with van der Waals surface area (Å²) in [5.74, 6) is -0.647. The van der Waals surface area contributed by atoms with Crippen LogP contribution in [0, 0.1) is 0 Å². The van der Waals surface area contributed by atoms with Crippen molar-refractivity contribution in [2.24, 2.45) is 0 Å². The van der Waals surface area contributed by atoms with Crippen LogP contribution in [0.15, 0.2) is 72.8 Å². The number of rotatable bonds is 5. The van der Waals surface area contributed by atoms with Gasteiger partial charge in [0.05, 0.1) is 5.56 Å². The number of hydrogen-bond donors (Lipinski definition) is 2. The Morgan fingerprint density at radius 1 is 0.938 bits per heavy atom. The number of phenolic OH excluding ortho intramolecular Hbond substituents is 1. The Bertz CT molecular complexity index is 1140. The van der Waals surface area contributed by atoms with Gasteiger partial charge < -0.3 is 15.3 Å². The molecular formula is C24H19F3N2O3. The topological polar surface area (TPSA) is 69.6 Å². The van der Waals surface area contributed by atoms with E-state index in [2.05, 4.69) is 5.32 Å². The molecule has 1 atom stereocenters. The molecule has 0 aliphatic carbocycles. The molecule has 0 spiro atoms. The number of amides is 2. The first-order chi connectivity index (χ1) is 15.2. The lowest BCUT2D eigenvalue weighted by molar-refractivity contribution is -0.137. The maximum atomic E-state index is 13.1. The summed E-state index contributed by atoms with van der Waals surface area (Å²) in [7, 11) is 0.